The normalized spacial score (nSPS) is 27.5. The van der Waals surface area contributed by atoms with E-state index >= 15 is 0 Å². The van der Waals surface area contributed by atoms with E-state index in [-0.39, 0.29) is 0 Å². The first kappa shape index (κ1) is 13.1. The van der Waals surface area contributed by atoms with Crippen LogP contribution in [-0.2, 0) is 0 Å². The van der Waals surface area contributed by atoms with Gasteiger partial charge < -0.3 is 5.32 Å². The molecule has 2 heteroatoms. The molecule has 3 rings (SSSR count). The molecule has 1 saturated carbocycles. The van der Waals surface area contributed by atoms with Crippen molar-refractivity contribution in [3.8, 4) is 0 Å². The Morgan fingerprint density at radius 3 is 2.58 bits per heavy atom. The summed E-state index contributed by atoms with van der Waals surface area (Å²) in [6.45, 7) is 5.84. The Bertz CT molecular complexity index is 395. The zero-order chi connectivity index (χ0) is 13.1. The zero-order valence-corrected chi connectivity index (χ0v) is 12.1. The minimum Gasteiger partial charge on any atom is -0.307 e. The highest BCUT2D eigenvalue weighted by Gasteiger charge is 2.41. The van der Waals surface area contributed by atoms with Crippen LogP contribution in [0.1, 0.15) is 50.6 Å². The fourth-order valence-corrected chi connectivity index (χ4v) is 3.98. The van der Waals surface area contributed by atoms with E-state index in [4.69, 9.17) is 0 Å². The van der Waals surface area contributed by atoms with Crippen molar-refractivity contribution < 1.29 is 0 Å². The molecule has 1 aromatic rings. The van der Waals surface area contributed by atoms with E-state index in [1.54, 1.807) is 0 Å². The van der Waals surface area contributed by atoms with Crippen molar-refractivity contribution in [2.45, 2.75) is 50.6 Å². The van der Waals surface area contributed by atoms with Crippen LogP contribution in [0.2, 0.25) is 0 Å². The Hall–Kier alpha value is -0.860. The summed E-state index contributed by atoms with van der Waals surface area (Å²) in [5.74, 6) is 0. The number of nitrogens with zero attached hydrogens (tertiary/aromatic N) is 1. The van der Waals surface area contributed by atoms with Gasteiger partial charge in [0.05, 0.1) is 0 Å². The monoisotopic (exact) mass is 258 g/mol. The summed E-state index contributed by atoms with van der Waals surface area (Å²) >= 11 is 0. The molecule has 2 nitrogen and oxygen atoms in total. The maximum Gasteiger partial charge on any atom is 0.0450 e. The Kier molecular flexibility index (Phi) is 3.90. The van der Waals surface area contributed by atoms with Gasteiger partial charge in [-0.3, -0.25) is 4.90 Å². The van der Waals surface area contributed by atoms with Gasteiger partial charge in [0.15, 0.2) is 0 Å². The molecule has 0 aromatic heterocycles. The fourth-order valence-electron chi connectivity index (χ4n) is 3.98. The molecule has 1 N–H and O–H groups in total. The van der Waals surface area contributed by atoms with Crippen LogP contribution in [0, 0.1) is 0 Å². The molecule has 1 unspecified atom stereocenters. The summed E-state index contributed by atoms with van der Waals surface area (Å²) in [6, 6.07) is 11.4. The lowest BCUT2D eigenvalue weighted by Crippen LogP contribution is -2.62. The standard InChI is InChI=1S/C17H26N2/c1-2-19-13-16(15-9-5-3-6-10-15)18-14-17(19)11-7-4-8-12-17/h3,5-6,9-10,16,18H,2,4,7-8,11-14H2,1H3. The molecule has 2 fully saturated rings. The van der Waals surface area contributed by atoms with Gasteiger partial charge >= 0.3 is 0 Å². The van der Waals surface area contributed by atoms with Crippen LogP contribution in [-0.4, -0.2) is 30.1 Å². The summed E-state index contributed by atoms with van der Waals surface area (Å²) in [5, 5.41) is 3.82. The molecule has 0 radical (unpaired) electrons. The maximum atomic E-state index is 3.82. The summed E-state index contributed by atoms with van der Waals surface area (Å²) in [7, 11) is 0. The van der Waals surface area contributed by atoms with Gasteiger partial charge in [0.2, 0.25) is 0 Å². The lowest BCUT2D eigenvalue weighted by Gasteiger charge is -2.52. The highest BCUT2D eigenvalue weighted by Crippen LogP contribution is 2.37. The van der Waals surface area contributed by atoms with E-state index in [0.29, 0.717) is 11.6 Å². The van der Waals surface area contributed by atoms with Crippen molar-refractivity contribution in [1.29, 1.82) is 0 Å². The lowest BCUT2D eigenvalue weighted by molar-refractivity contribution is 0.0138. The minimum atomic E-state index is 0.457. The van der Waals surface area contributed by atoms with E-state index in [1.165, 1.54) is 57.3 Å². The van der Waals surface area contributed by atoms with Crippen LogP contribution in [0.15, 0.2) is 30.3 Å². The molecule has 0 amide bonds. The molecule has 1 aromatic carbocycles. The molecule has 1 aliphatic heterocycles. The van der Waals surface area contributed by atoms with Gasteiger partial charge in [0.1, 0.15) is 0 Å². The zero-order valence-electron chi connectivity index (χ0n) is 12.1. The molecule has 1 spiro atoms. The molecule has 1 atom stereocenters. The number of benzene rings is 1. The van der Waals surface area contributed by atoms with Crippen LogP contribution >= 0.6 is 0 Å². The van der Waals surface area contributed by atoms with E-state index in [0.717, 1.165) is 0 Å². The maximum absolute atomic E-state index is 3.82. The Morgan fingerprint density at radius 2 is 1.89 bits per heavy atom. The second-order valence-electron chi connectivity index (χ2n) is 6.17. The Morgan fingerprint density at radius 1 is 1.16 bits per heavy atom. The number of nitrogens with one attached hydrogen (secondary N) is 1. The van der Waals surface area contributed by atoms with E-state index < -0.39 is 0 Å². The molecule has 0 bridgehead atoms. The SMILES string of the molecule is CCN1CC(c2ccccc2)NCC12CCCCC2. The van der Waals surface area contributed by atoms with E-state index in [2.05, 4.69) is 47.5 Å². The molecule has 1 aliphatic carbocycles. The fraction of sp³-hybridized carbons (Fsp3) is 0.647. The largest absolute Gasteiger partial charge is 0.307 e. The predicted molar refractivity (Wildman–Crippen MR) is 80.2 cm³/mol. The number of piperazine rings is 1. The highest BCUT2D eigenvalue weighted by atomic mass is 15.3. The summed E-state index contributed by atoms with van der Waals surface area (Å²) in [6.07, 6.45) is 7.02. The van der Waals surface area contributed by atoms with E-state index in [1.807, 2.05) is 0 Å². The van der Waals surface area contributed by atoms with Crippen molar-refractivity contribution in [3.05, 3.63) is 35.9 Å². The second kappa shape index (κ2) is 5.64. The van der Waals surface area contributed by atoms with Gasteiger partial charge in [-0.15, -0.1) is 0 Å². The van der Waals surface area contributed by atoms with Gasteiger partial charge in [-0.2, -0.15) is 0 Å². The summed E-state index contributed by atoms with van der Waals surface area (Å²) in [5.41, 5.74) is 1.89. The van der Waals surface area contributed by atoms with Gasteiger partial charge in [0, 0.05) is 24.7 Å². The smallest absolute Gasteiger partial charge is 0.0450 e. The average Bonchev–Trinajstić information content (AvgIpc) is 2.49. The second-order valence-corrected chi connectivity index (χ2v) is 6.17. The number of hydrogen-bond donors (Lipinski definition) is 1. The van der Waals surface area contributed by atoms with Crippen LogP contribution in [0.25, 0.3) is 0 Å². The first-order valence-electron chi connectivity index (χ1n) is 7.87. The third-order valence-electron chi connectivity index (χ3n) is 5.12. The van der Waals surface area contributed by atoms with Crippen molar-refractivity contribution >= 4 is 0 Å². The summed E-state index contributed by atoms with van der Waals surface area (Å²) < 4.78 is 0. The molecule has 1 saturated heterocycles. The third kappa shape index (κ3) is 2.56. The van der Waals surface area contributed by atoms with Crippen molar-refractivity contribution in [2.75, 3.05) is 19.6 Å². The Balaban J connectivity index is 1.75. The number of hydrogen-bond acceptors (Lipinski definition) is 2. The quantitative estimate of drug-likeness (QED) is 0.875. The van der Waals surface area contributed by atoms with Crippen molar-refractivity contribution in [1.82, 2.24) is 10.2 Å². The predicted octanol–water partition coefficient (Wildman–Crippen LogP) is 3.36. The molecule has 1 heterocycles. The van der Waals surface area contributed by atoms with Gasteiger partial charge in [-0.05, 0) is 24.9 Å². The third-order valence-corrected chi connectivity index (χ3v) is 5.12. The van der Waals surface area contributed by atoms with Gasteiger partial charge in [0.25, 0.3) is 0 Å². The first-order chi connectivity index (χ1) is 9.34. The van der Waals surface area contributed by atoms with E-state index in [9.17, 15) is 0 Å². The lowest BCUT2D eigenvalue weighted by atomic mass is 9.78. The number of likely N-dealkylation sites (N-methyl/N-ethyl adjacent to an activating group) is 1. The minimum absolute atomic E-state index is 0.457. The first-order valence-corrected chi connectivity index (χ1v) is 7.87. The molecular weight excluding hydrogens is 232 g/mol. The van der Waals surface area contributed by atoms with Crippen LogP contribution in [0.4, 0.5) is 0 Å². The Labute approximate surface area is 117 Å². The molecule has 19 heavy (non-hydrogen) atoms. The van der Waals surface area contributed by atoms with Crippen LogP contribution in [0.3, 0.4) is 0 Å². The van der Waals surface area contributed by atoms with Gasteiger partial charge in [-0.1, -0.05) is 56.5 Å². The molecular formula is C17H26N2. The highest BCUT2D eigenvalue weighted by molar-refractivity contribution is 5.21. The number of rotatable bonds is 2. The van der Waals surface area contributed by atoms with Gasteiger partial charge in [-0.25, -0.2) is 0 Å². The van der Waals surface area contributed by atoms with Crippen molar-refractivity contribution in [2.24, 2.45) is 0 Å². The topological polar surface area (TPSA) is 15.3 Å². The van der Waals surface area contributed by atoms with Crippen LogP contribution in [0.5, 0.6) is 0 Å². The summed E-state index contributed by atoms with van der Waals surface area (Å²) in [4.78, 5) is 2.75. The van der Waals surface area contributed by atoms with Crippen molar-refractivity contribution in [3.63, 3.8) is 0 Å². The van der Waals surface area contributed by atoms with Crippen LogP contribution < -0.4 is 5.32 Å². The average molecular weight is 258 g/mol. The molecule has 2 aliphatic rings. The molecule has 104 valence electrons.